The molecular weight excluding hydrogens is 435 g/mol. The Labute approximate surface area is 167 Å². The number of ether oxygens (including phenoxy) is 1. The van der Waals surface area contributed by atoms with Crippen molar-refractivity contribution in [2.24, 2.45) is 10.9 Å². The fraction of sp³-hybridized carbons (Fsp3) is 0.706. The summed E-state index contributed by atoms with van der Waals surface area (Å²) in [6.07, 6.45) is 2.52. The molecule has 1 aromatic rings. The smallest absolute Gasteiger partial charge is 0.191 e. The number of likely N-dealkylation sites (tertiary alicyclic amines) is 1. The van der Waals surface area contributed by atoms with Crippen LogP contribution >= 0.6 is 35.3 Å². The van der Waals surface area contributed by atoms with Gasteiger partial charge in [0.15, 0.2) is 5.96 Å². The molecule has 0 radical (unpaired) electrons. The highest BCUT2D eigenvalue weighted by molar-refractivity contribution is 14.0. The Balaban J connectivity index is 0.00000288. The summed E-state index contributed by atoms with van der Waals surface area (Å²) >= 11 is 1.86. The van der Waals surface area contributed by atoms with Gasteiger partial charge in [0.25, 0.3) is 0 Å². The number of thiophene rings is 1. The van der Waals surface area contributed by atoms with Crippen molar-refractivity contribution in [1.29, 1.82) is 0 Å². The molecule has 0 bridgehead atoms. The highest BCUT2D eigenvalue weighted by Gasteiger charge is 2.19. The summed E-state index contributed by atoms with van der Waals surface area (Å²) < 4.78 is 5.33. The first-order valence-corrected chi connectivity index (χ1v) is 9.46. The highest BCUT2D eigenvalue weighted by Crippen LogP contribution is 2.20. The number of rotatable bonds is 8. The van der Waals surface area contributed by atoms with Crippen LogP contribution in [0.3, 0.4) is 0 Å². The van der Waals surface area contributed by atoms with Crippen LogP contribution in [0.1, 0.15) is 24.6 Å². The zero-order chi connectivity index (χ0) is 16.3. The van der Waals surface area contributed by atoms with E-state index >= 15 is 0 Å². The molecule has 0 unspecified atom stereocenters. The van der Waals surface area contributed by atoms with Gasteiger partial charge in [-0.05, 0) is 50.2 Å². The van der Waals surface area contributed by atoms with Gasteiger partial charge in [-0.2, -0.15) is 0 Å². The van der Waals surface area contributed by atoms with Gasteiger partial charge in [0.05, 0.1) is 6.61 Å². The lowest BCUT2D eigenvalue weighted by molar-refractivity contribution is 0.152. The van der Waals surface area contributed by atoms with E-state index in [0.717, 1.165) is 44.7 Å². The van der Waals surface area contributed by atoms with E-state index in [1.807, 2.05) is 25.3 Å². The summed E-state index contributed by atoms with van der Waals surface area (Å²) in [6.45, 7) is 8.79. The van der Waals surface area contributed by atoms with E-state index in [9.17, 15) is 0 Å². The Hall–Kier alpha value is -0.380. The molecule has 5 nitrogen and oxygen atoms in total. The number of hydrogen-bond acceptors (Lipinski definition) is 4. The van der Waals surface area contributed by atoms with Crippen molar-refractivity contribution in [3.05, 3.63) is 22.4 Å². The van der Waals surface area contributed by atoms with Gasteiger partial charge in [0, 0.05) is 38.2 Å². The summed E-state index contributed by atoms with van der Waals surface area (Å²) in [5.41, 5.74) is 0. The standard InChI is InChI=1S/C17H30N4OS.HI/c1-3-22-11-8-19-17(18-2)20-13-15-6-9-21(10-7-15)14-16-5-4-12-23-16;/h4-5,12,15H,3,6-11,13-14H2,1-2H3,(H2,18,19,20);1H. The van der Waals surface area contributed by atoms with Crippen molar-refractivity contribution in [3.63, 3.8) is 0 Å². The van der Waals surface area contributed by atoms with Crippen LogP contribution in [0, 0.1) is 5.92 Å². The van der Waals surface area contributed by atoms with E-state index in [4.69, 9.17) is 4.74 Å². The fourth-order valence-corrected chi connectivity index (χ4v) is 3.57. The second kappa shape index (κ2) is 12.9. The molecule has 0 spiro atoms. The number of piperidine rings is 1. The van der Waals surface area contributed by atoms with Crippen LogP contribution < -0.4 is 10.6 Å². The molecular formula is C17H31IN4OS. The topological polar surface area (TPSA) is 48.9 Å². The van der Waals surface area contributed by atoms with Gasteiger partial charge in [0.1, 0.15) is 0 Å². The van der Waals surface area contributed by atoms with Crippen molar-refractivity contribution in [3.8, 4) is 0 Å². The molecule has 2 heterocycles. The molecule has 1 saturated heterocycles. The molecule has 2 N–H and O–H groups in total. The first kappa shape index (κ1) is 21.7. The average Bonchev–Trinajstić information content (AvgIpc) is 3.08. The largest absolute Gasteiger partial charge is 0.380 e. The monoisotopic (exact) mass is 466 g/mol. The Morgan fingerprint density at radius 1 is 1.38 bits per heavy atom. The third-order valence-electron chi connectivity index (χ3n) is 4.19. The third-order valence-corrected chi connectivity index (χ3v) is 5.05. The molecule has 0 saturated carbocycles. The molecule has 2 rings (SSSR count). The quantitative estimate of drug-likeness (QED) is 0.268. The number of nitrogens with zero attached hydrogens (tertiary/aromatic N) is 2. The van der Waals surface area contributed by atoms with Crippen LogP contribution in [0.4, 0.5) is 0 Å². The molecule has 0 aromatic carbocycles. The first-order chi connectivity index (χ1) is 11.3. The van der Waals surface area contributed by atoms with E-state index < -0.39 is 0 Å². The minimum absolute atomic E-state index is 0. The van der Waals surface area contributed by atoms with Gasteiger partial charge in [-0.1, -0.05) is 6.07 Å². The molecule has 138 valence electrons. The molecule has 0 aliphatic carbocycles. The number of halogens is 1. The van der Waals surface area contributed by atoms with E-state index in [1.54, 1.807) is 0 Å². The summed E-state index contributed by atoms with van der Waals surface area (Å²) in [7, 11) is 1.82. The lowest BCUT2D eigenvalue weighted by atomic mass is 9.97. The lowest BCUT2D eigenvalue weighted by Crippen LogP contribution is -2.43. The van der Waals surface area contributed by atoms with Crippen molar-refractivity contribution in [2.45, 2.75) is 26.3 Å². The molecule has 24 heavy (non-hydrogen) atoms. The molecule has 1 aromatic heterocycles. The zero-order valence-corrected chi connectivity index (χ0v) is 17.9. The molecule has 0 amide bonds. The first-order valence-electron chi connectivity index (χ1n) is 8.58. The minimum atomic E-state index is 0. The number of aliphatic imine (C=N–C) groups is 1. The van der Waals surface area contributed by atoms with Gasteiger partial charge in [-0.15, -0.1) is 35.3 Å². The van der Waals surface area contributed by atoms with E-state index in [0.29, 0.717) is 0 Å². The molecule has 1 fully saturated rings. The number of hydrogen-bond donors (Lipinski definition) is 2. The van der Waals surface area contributed by atoms with Gasteiger partial charge in [-0.25, -0.2) is 0 Å². The van der Waals surface area contributed by atoms with Crippen LogP contribution in [0.2, 0.25) is 0 Å². The van der Waals surface area contributed by atoms with Crippen molar-refractivity contribution in [1.82, 2.24) is 15.5 Å². The van der Waals surface area contributed by atoms with Crippen LogP contribution in [0.25, 0.3) is 0 Å². The predicted molar refractivity (Wildman–Crippen MR) is 114 cm³/mol. The predicted octanol–water partition coefficient (Wildman–Crippen LogP) is 2.78. The normalized spacial score (nSPS) is 16.7. The summed E-state index contributed by atoms with van der Waals surface area (Å²) in [4.78, 5) is 8.30. The highest BCUT2D eigenvalue weighted by atomic mass is 127. The third kappa shape index (κ3) is 8.13. The van der Waals surface area contributed by atoms with Gasteiger partial charge >= 0.3 is 0 Å². The van der Waals surface area contributed by atoms with E-state index in [-0.39, 0.29) is 24.0 Å². The Bertz CT molecular complexity index is 447. The molecule has 7 heteroatoms. The maximum atomic E-state index is 5.33. The summed E-state index contributed by atoms with van der Waals surface area (Å²) in [6, 6.07) is 4.37. The number of guanidine groups is 1. The van der Waals surface area contributed by atoms with Crippen molar-refractivity contribution >= 4 is 41.3 Å². The Morgan fingerprint density at radius 3 is 2.79 bits per heavy atom. The fourth-order valence-electron chi connectivity index (χ4n) is 2.82. The maximum Gasteiger partial charge on any atom is 0.191 e. The SMILES string of the molecule is CCOCCNC(=NC)NCC1CCN(Cc2cccs2)CC1.I. The summed E-state index contributed by atoms with van der Waals surface area (Å²) in [5, 5.41) is 8.89. The maximum absolute atomic E-state index is 5.33. The zero-order valence-electron chi connectivity index (χ0n) is 14.8. The minimum Gasteiger partial charge on any atom is -0.380 e. The van der Waals surface area contributed by atoms with E-state index in [1.165, 1.54) is 30.8 Å². The van der Waals surface area contributed by atoms with Gasteiger partial charge in [-0.3, -0.25) is 9.89 Å². The van der Waals surface area contributed by atoms with Crippen LogP contribution in [-0.2, 0) is 11.3 Å². The van der Waals surface area contributed by atoms with Gasteiger partial charge < -0.3 is 15.4 Å². The Kier molecular flexibility index (Phi) is 11.7. The number of nitrogens with one attached hydrogen (secondary N) is 2. The van der Waals surface area contributed by atoms with Crippen molar-refractivity contribution < 1.29 is 4.74 Å². The molecule has 1 aliphatic rings. The van der Waals surface area contributed by atoms with E-state index in [2.05, 4.69) is 38.0 Å². The summed E-state index contributed by atoms with van der Waals surface area (Å²) in [5.74, 6) is 1.62. The van der Waals surface area contributed by atoms with Gasteiger partial charge in [0.2, 0.25) is 0 Å². The Morgan fingerprint density at radius 2 is 2.17 bits per heavy atom. The molecule has 1 aliphatic heterocycles. The second-order valence-electron chi connectivity index (χ2n) is 5.88. The van der Waals surface area contributed by atoms with Crippen LogP contribution in [0.5, 0.6) is 0 Å². The molecule has 0 atom stereocenters. The average molecular weight is 466 g/mol. The lowest BCUT2D eigenvalue weighted by Gasteiger charge is -2.32. The van der Waals surface area contributed by atoms with Crippen LogP contribution in [-0.4, -0.2) is 57.3 Å². The van der Waals surface area contributed by atoms with Crippen molar-refractivity contribution in [2.75, 3.05) is 46.4 Å². The van der Waals surface area contributed by atoms with Crippen LogP contribution in [0.15, 0.2) is 22.5 Å². The second-order valence-corrected chi connectivity index (χ2v) is 6.91.